The van der Waals surface area contributed by atoms with E-state index in [1.54, 1.807) is 31.5 Å². The zero-order valence-corrected chi connectivity index (χ0v) is 13.6. The van der Waals surface area contributed by atoms with Crippen molar-refractivity contribution < 1.29 is 9.53 Å². The first-order valence-corrected chi connectivity index (χ1v) is 7.68. The average Bonchev–Trinajstić information content (AvgIpc) is 2.55. The number of carbonyl (C=O) groups excluding carboxylic acids is 1. The van der Waals surface area contributed by atoms with Gasteiger partial charge in [-0.2, -0.15) is 0 Å². The summed E-state index contributed by atoms with van der Waals surface area (Å²) in [4.78, 5) is 23.5. The largest absolute Gasteiger partial charge is 0.375 e. The Morgan fingerprint density at radius 2 is 2.13 bits per heavy atom. The fourth-order valence-corrected chi connectivity index (χ4v) is 2.41. The third-order valence-electron chi connectivity index (χ3n) is 3.47. The molecule has 0 spiro atoms. The minimum Gasteiger partial charge on any atom is -0.375 e. The standard InChI is InChI=1S/C17H19ClN2O3/c1-23-15(13-5-4-6-14(18)11-13)12-19-16(21)8-10-20-9-3-2-7-17(20)22/h2-7,9,11,15H,8,10,12H2,1H3,(H,19,21). The van der Waals surface area contributed by atoms with Crippen LogP contribution in [-0.4, -0.2) is 24.1 Å². The number of nitrogens with zero attached hydrogens (tertiary/aromatic N) is 1. The molecule has 1 heterocycles. The number of methoxy groups -OCH3 is 1. The van der Waals surface area contributed by atoms with E-state index in [4.69, 9.17) is 16.3 Å². The molecule has 0 radical (unpaired) electrons. The molecule has 0 saturated heterocycles. The molecule has 0 aliphatic rings. The van der Waals surface area contributed by atoms with E-state index in [-0.39, 0.29) is 24.0 Å². The first kappa shape index (κ1) is 17.2. The van der Waals surface area contributed by atoms with Crippen LogP contribution in [0.25, 0.3) is 0 Å². The van der Waals surface area contributed by atoms with Crippen LogP contribution in [0.5, 0.6) is 0 Å². The molecule has 0 aliphatic carbocycles. The molecular weight excluding hydrogens is 316 g/mol. The second-order valence-electron chi connectivity index (χ2n) is 5.07. The number of carbonyl (C=O) groups is 1. The fourth-order valence-electron chi connectivity index (χ4n) is 2.21. The van der Waals surface area contributed by atoms with Gasteiger partial charge in [0.2, 0.25) is 5.91 Å². The van der Waals surface area contributed by atoms with Gasteiger partial charge in [-0.25, -0.2) is 0 Å². The molecule has 0 bridgehead atoms. The SMILES string of the molecule is COC(CNC(=O)CCn1ccccc1=O)c1cccc(Cl)c1. The summed E-state index contributed by atoms with van der Waals surface area (Å²) < 4.78 is 6.90. The van der Waals surface area contributed by atoms with Crippen LogP contribution < -0.4 is 10.9 Å². The van der Waals surface area contributed by atoms with E-state index in [0.29, 0.717) is 18.1 Å². The van der Waals surface area contributed by atoms with E-state index in [0.717, 1.165) is 5.56 Å². The lowest BCUT2D eigenvalue weighted by molar-refractivity contribution is -0.121. The number of nitrogens with one attached hydrogen (secondary N) is 1. The van der Waals surface area contributed by atoms with Gasteiger partial charge in [0.15, 0.2) is 0 Å². The second kappa shape index (κ2) is 8.50. The van der Waals surface area contributed by atoms with Crippen molar-refractivity contribution >= 4 is 17.5 Å². The van der Waals surface area contributed by atoms with E-state index in [2.05, 4.69) is 5.32 Å². The highest BCUT2D eigenvalue weighted by atomic mass is 35.5. The minimum atomic E-state index is -0.267. The fraction of sp³-hybridized carbons (Fsp3) is 0.294. The summed E-state index contributed by atoms with van der Waals surface area (Å²) in [5.74, 6) is -0.134. The first-order valence-electron chi connectivity index (χ1n) is 7.30. The lowest BCUT2D eigenvalue weighted by atomic mass is 10.1. The van der Waals surface area contributed by atoms with Crippen LogP contribution in [0.15, 0.2) is 53.5 Å². The van der Waals surface area contributed by atoms with Crippen molar-refractivity contribution in [2.24, 2.45) is 0 Å². The Bertz CT molecular complexity index is 715. The predicted octanol–water partition coefficient (Wildman–Crippen LogP) is 2.40. The number of benzene rings is 1. The maximum atomic E-state index is 11.9. The third-order valence-corrected chi connectivity index (χ3v) is 3.70. The van der Waals surface area contributed by atoms with Crippen LogP contribution in [0.1, 0.15) is 18.1 Å². The molecule has 122 valence electrons. The van der Waals surface area contributed by atoms with Gasteiger partial charge in [0.1, 0.15) is 0 Å². The lowest BCUT2D eigenvalue weighted by Gasteiger charge is -2.17. The zero-order chi connectivity index (χ0) is 16.7. The van der Waals surface area contributed by atoms with Crippen LogP contribution in [-0.2, 0) is 16.1 Å². The van der Waals surface area contributed by atoms with E-state index in [1.807, 2.05) is 18.2 Å². The van der Waals surface area contributed by atoms with Crippen LogP contribution in [0, 0.1) is 0 Å². The molecular formula is C17H19ClN2O3. The van der Waals surface area contributed by atoms with Crippen molar-refractivity contribution in [3.63, 3.8) is 0 Å². The van der Waals surface area contributed by atoms with Crippen molar-refractivity contribution in [3.8, 4) is 0 Å². The number of ether oxygens (including phenoxy) is 1. The summed E-state index contributed by atoms with van der Waals surface area (Å²) in [6, 6.07) is 12.2. The molecule has 2 aromatic rings. The van der Waals surface area contributed by atoms with Crippen molar-refractivity contribution in [2.75, 3.05) is 13.7 Å². The summed E-state index contributed by atoms with van der Waals surface area (Å²) >= 11 is 5.97. The molecule has 1 aromatic carbocycles. The second-order valence-corrected chi connectivity index (χ2v) is 5.50. The molecule has 1 unspecified atom stereocenters. The molecule has 1 amide bonds. The molecule has 0 fully saturated rings. The number of rotatable bonds is 7. The van der Waals surface area contributed by atoms with E-state index in [1.165, 1.54) is 10.6 Å². The van der Waals surface area contributed by atoms with Gasteiger partial charge in [-0.3, -0.25) is 9.59 Å². The molecule has 1 N–H and O–H groups in total. The highest BCUT2D eigenvalue weighted by Gasteiger charge is 2.12. The minimum absolute atomic E-state index is 0.117. The molecule has 0 aliphatic heterocycles. The summed E-state index contributed by atoms with van der Waals surface area (Å²) in [6.45, 7) is 0.694. The van der Waals surface area contributed by atoms with Crippen LogP contribution in [0.3, 0.4) is 0 Å². The zero-order valence-electron chi connectivity index (χ0n) is 12.9. The highest BCUT2D eigenvalue weighted by Crippen LogP contribution is 2.19. The molecule has 1 aromatic heterocycles. The Kier molecular flexibility index (Phi) is 6.38. The number of amides is 1. The van der Waals surface area contributed by atoms with E-state index >= 15 is 0 Å². The highest BCUT2D eigenvalue weighted by molar-refractivity contribution is 6.30. The van der Waals surface area contributed by atoms with Crippen molar-refractivity contribution in [2.45, 2.75) is 19.1 Å². The molecule has 1 atom stereocenters. The van der Waals surface area contributed by atoms with Gasteiger partial charge in [-0.05, 0) is 23.8 Å². The average molecular weight is 335 g/mol. The number of halogens is 1. The lowest BCUT2D eigenvalue weighted by Crippen LogP contribution is -2.30. The van der Waals surface area contributed by atoms with Gasteiger partial charge in [0.05, 0.1) is 6.10 Å². The monoisotopic (exact) mass is 334 g/mol. The smallest absolute Gasteiger partial charge is 0.250 e. The van der Waals surface area contributed by atoms with Crippen molar-refractivity contribution in [1.82, 2.24) is 9.88 Å². The van der Waals surface area contributed by atoms with Crippen LogP contribution >= 0.6 is 11.6 Å². The Morgan fingerprint density at radius 3 is 2.83 bits per heavy atom. The molecule has 23 heavy (non-hydrogen) atoms. The Labute approximate surface area is 139 Å². The van der Waals surface area contributed by atoms with Gasteiger partial charge in [-0.15, -0.1) is 0 Å². The number of aryl methyl sites for hydroxylation is 1. The predicted molar refractivity (Wildman–Crippen MR) is 89.5 cm³/mol. The van der Waals surface area contributed by atoms with Gasteiger partial charge < -0.3 is 14.6 Å². The van der Waals surface area contributed by atoms with Gasteiger partial charge >= 0.3 is 0 Å². The van der Waals surface area contributed by atoms with Gasteiger partial charge in [-0.1, -0.05) is 29.8 Å². The quantitative estimate of drug-likeness (QED) is 0.845. The summed E-state index contributed by atoms with van der Waals surface area (Å²) in [6.07, 6.45) is 1.63. The summed E-state index contributed by atoms with van der Waals surface area (Å²) in [5, 5.41) is 3.44. The number of hydrogen-bond acceptors (Lipinski definition) is 3. The normalized spacial score (nSPS) is 11.9. The van der Waals surface area contributed by atoms with E-state index in [9.17, 15) is 9.59 Å². The summed E-state index contributed by atoms with van der Waals surface area (Å²) in [5.41, 5.74) is 0.786. The number of aromatic nitrogens is 1. The van der Waals surface area contributed by atoms with Gasteiger partial charge in [0, 0.05) is 43.9 Å². The Balaban J connectivity index is 1.85. The van der Waals surface area contributed by atoms with Gasteiger partial charge in [0.25, 0.3) is 5.56 Å². The van der Waals surface area contributed by atoms with Crippen LogP contribution in [0.2, 0.25) is 5.02 Å². The third kappa shape index (κ3) is 5.23. The molecule has 2 rings (SSSR count). The van der Waals surface area contributed by atoms with Crippen molar-refractivity contribution in [1.29, 1.82) is 0 Å². The maximum Gasteiger partial charge on any atom is 0.250 e. The molecule has 6 heteroatoms. The Hall–Kier alpha value is -2.11. The molecule has 5 nitrogen and oxygen atoms in total. The maximum absolute atomic E-state index is 11.9. The summed E-state index contributed by atoms with van der Waals surface area (Å²) in [7, 11) is 1.58. The Morgan fingerprint density at radius 1 is 1.30 bits per heavy atom. The van der Waals surface area contributed by atoms with E-state index < -0.39 is 0 Å². The topological polar surface area (TPSA) is 60.3 Å². The number of pyridine rings is 1. The number of hydrogen-bond donors (Lipinski definition) is 1. The molecule has 0 saturated carbocycles. The van der Waals surface area contributed by atoms with Crippen LogP contribution in [0.4, 0.5) is 0 Å². The van der Waals surface area contributed by atoms with Crippen molar-refractivity contribution in [3.05, 3.63) is 69.6 Å². The first-order chi connectivity index (χ1) is 11.1.